The van der Waals surface area contributed by atoms with Gasteiger partial charge in [0.15, 0.2) is 5.84 Å². The number of nitrogens with one attached hydrogen (secondary N) is 2. The van der Waals surface area contributed by atoms with Crippen LogP contribution in [0.3, 0.4) is 0 Å². The lowest BCUT2D eigenvalue weighted by Crippen LogP contribution is -2.35. The van der Waals surface area contributed by atoms with Gasteiger partial charge in [0, 0.05) is 28.3 Å². The normalized spacial score (nSPS) is 16.0. The van der Waals surface area contributed by atoms with Gasteiger partial charge in [-0.2, -0.15) is 0 Å². The molecule has 214 valence electrons. The van der Waals surface area contributed by atoms with Crippen molar-refractivity contribution in [3.8, 4) is 11.1 Å². The van der Waals surface area contributed by atoms with Crippen molar-refractivity contribution in [2.24, 2.45) is 9.98 Å². The molecule has 5 nitrogen and oxygen atoms in total. The number of amidine groups is 2. The van der Waals surface area contributed by atoms with E-state index in [2.05, 4.69) is 126 Å². The van der Waals surface area contributed by atoms with Crippen molar-refractivity contribution in [3.63, 3.8) is 0 Å². The lowest BCUT2D eigenvalue weighted by atomic mass is 9.97. The smallest absolute Gasteiger partial charge is 0.159 e. The molecule has 0 saturated carbocycles. The zero-order chi connectivity index (χ0) is 29.7. The van der Waals surface area contributed by atoms with E-state index >= 15 is 0 Å². The molecule has 45 heavy (non-hydrogen) atoms. The molecule has 0 bridgehead atoms. The topological polar surface area (TPSA) is 61.9 Å². The van der Waals surface area contributed by atoms with Gasteiger partial charge in [-0.15, -0.1) is 0 Å². The maximum Gasteiger partial charge on any atom is 0.159 e. The Kier molecular flexibility index (Phi) is 5.88. The fourth-order valence-corrected chi connectivity index (χ4v) is 6.48. The van der Waals surface area contributed by atoms with E-state index in [1.807, 2.05) is 24.4 Å². The molecular weight excluding hydrogens is 552 g/mol. The van der Waals surface area contributed by atoms with Crippen LogP contribution in [-0.2, 0) is 6.54 Å². The summed E-state index contributed by atoms with van der Waals surface area (Å²) in [6, 6.07) is 46.7. The quantitative estimate of drug-likeness (QED) is 0.218. The highest BCUT2D eigenvalue weighted by molar-refractivity contribution is 6.30. The third-order valence-electron chi connectivity index (χ3n) is 8.74. The molecule has 5 heteroatoms. The third kappa shape index (κ3) is 4.48. The Balaban J connectivity index is 1.17. The molecule has 0 amide bonds. The van der Waals surface area contributed by atoms with Gasteiger partial charge in [-0.3, -0.25) is 0 Å². The highest BCUT2D eigenvalue weighted by Gasteiger charge is 2.28. The van der Waals surface area contributed by atoms with Gasteiger partial charge in [0.2, 0.25) is 0 Å². The fraction of sp³-hybridized carbons (Fsp3) is 0.0500. The number of hydrogen-bond acceptors (Lipinski definition) is 5. The predicted molar refractivity (Wildman–Crippen MR) is 184 cm³/mol. The monoisotopic (exact) mass is 580 g/mol. The van der Waals surface area contributed by atoms with E-state index in [0.29, 0.717) is 12.4 Å². The van der Waals surface area contributed by atoms with Crippen LogP contribution < -0.4 is 10.6 Å². The minimum absolute atomic E-state index is 0.322. The largest absolute Gasteiger partial charge is 0.459 e. The molecule has 9 rings (SSSR count). The number of furan rings is 1. The molecule has 0 radical (unpaired) electrons. The Morgan fingerprint density at radius 1 is 0.622 bits per heavy atom. The lowest BCUT2D eigenvalue weighted by molar-refractivity contribution is 0.531. The molecule has 3 heterocycles. The lowest BCUT2D eigenvalue weighted by Gasteiger charge is -2.26. The fourth-order valence-electron chi connectivity index (χ4n) is 6.48. The molecule has 0 spiro atoms. The molecular formula is C40H28N4O. The molecule has 1 atom stereocenters. The van der Waals surface area contributed by atoms with E-state index in [1.165, 1.54) is 27.3 Å². The minimum Gasteiger partial charge on any atom is -0.459 e. The maximum atomic E-state index is 6.26. The summed E-state index contributed by atoms with van der Waals surface area (Å²) in [6.07, 6.45) is 1.72. The van der Waals surface area contributed by atoms with E-state index in [4.69, 9.17) is 14.4 Å². The van der Waals surface area contributed by atoms with Crippen LogP contribution in [0.5, 0.6) is 0 Å². The predicted octanol–water partition coefficient (Wildman–Crippen LogP) is 9.00. The van der Waals surface area contributed by atoms with Gasteiger partial charge in [-0.25, -0.2) is 9.98 Å². The van der Waals surface area contributed by atoms with Gasteiger partial charge < -0.3 is 15.1 Å². The first-order valence-electron chi connectivity index (χ1n) is 15.2. The SMILES string of the molecule is C1=C(C2=NC(c3ccc4cc(-c5ccccc5)ccc4c3)=NC(c3ccc4ccccc4c3)N2)c2c(oc3ccccc23)CN1. The van der Waals surface area contributed by atoms with Gasteiger partial charge >= 0.3 is 0 Å². The zero-order valence-corrected chi connectivity index (χ0v) is 24.4. The Morgan fingerprint density at radius 2 is 1.33 bits per heavy atom. The molecule has 2 aliphatic heterocycles. The van der Waals surface area contributed by atoms with Crippen LogP contribution in [0.15, 0.2) is 154 Å². The zero-order valence-electron chi connectivity index (χ0n) is 24.4. The number of para-hydroxylation sites is 1. The summed E-state index contributed by atoms with van der Waals surface area (Å²) in [6.45, 7) is 0.630. The first kappa shape index (κ1) is 25.5. The van der Waals surface area contributed by atoms with Crippen molar-refractivity contribution in [2.75, 3.05) is 0 Å². The average Bonchev–Trinajstić information content (AvgIpc) is 3.50. The van der Waals surface area contributed by atoms with Crippen molar-refractivity contribution in [1.29, 1.82) is 0 Å². The van der Waals surface area contributed by atoms with Crippen LogP contribution in [0.4, 0.5) is 0 Å². The van der Waals surface area contributed by atoms with Gasteiger partial charge in [0.1, 0.15) is 23.3 Å². The summed E-state index contributed by atoms with van der Waals surface area (Å²) in [7, 11) is 0. The number of rotatable bonds is 4. The summed E-state index contributed by atoms with van der Waals surface area (Å²) < 4.78 is 6.26. The van der Waals surface area contributed by atoms with Gasteiger partial charge in [0.25, 0.3) is 0 Å². The van der Waals surface area contributed by atoms with Gasteiger partial charge in [0.05, 0.1) is 6.54 Å². The Bertz CT molecular complexity index is 2360. The number of aliphatic imine (C=N–C) groups is 2. The summed E-state index contributed by atoms with van der Waals surface area (Å²) >= 11 is 0. The molecule has 0 fully saturated rings. The van der Waals surface area contributed by atoms with Crippen molar-refractivity contribution < 1.29 is 4.42 Å². The van der Waals surface area contributed by atoms with Crippen LogP contribution in [0.25, 0.3) is 49.2 Å². The second-order valence-corrected chi connectivity index (χ2v) is 11.5. The number of benzene rings is 6. The molecule has 2 N–H and O–H groups in total. The molecule has 0 saturated heterocycles. The Hall–Kier alpha value is -5.94. The molecule has 6 aromatic carbocycles. The first-order valence-corrected chi connectivity index (χ1v) is 15.2. The standard InChI is InChI=1S/C40H28N4O/c1-2-8-25(9-3-1)28-15-16-30-22-32(19-17-29(30)20-28)39-42-38(31-18-14-26-10-4-5-11-27(26)21-31)43-40(44-39)34-23-41-24-36-37(34)33-12-6-7-13-35(33)45-36/h1-23,38,41H,24H2,(H,42,43,44). The molecule has 0 aliphatic carbocycles. The average molecular weight is 581 g/mol. The number of fused-ring (bicyclic) bond motifs is 5. The third-order valence-corrected chi connectivity index (χ3v) is 8.74. The van der Waals surface area contributed by atoms with E-state index < -0.39 is 0 Å². The van der Waals surface area contributed by atoms with Crippen LogP contribution in [0.2, 0.25) is 0 Å². The Morgan fingerprint density at radius 3 is 2.22 bits per heavy atom. The summed E-state index contributed by atoms with van der Waals surface area (Å²) in [5.74, 6) is 2.36. The van der Waals surface area contributed by atoms with Crippen molar-refractivity contribution >= 4 is 49.8 Å². The maximum absolute atomic E-state index is 6.26. The second kappa shape index (κ2) is 10.4. The van der Waals surface area contributed by atoms with E-state index in [1.54, 1.807) is 0 Å². The highest BCUT2D eigenvalue weighted by atomic mass is 16.3. The molecule has 1 unspecified atom stereocenters. The summed E-state index contributed by atoms with van der Waals surface area (Å²) in [5, 5.41) is 12.9. The van der Waals surface area contributed by atoms with Crippen molar-refractivity contribution in [2.45, 2.75) is 12.7 Å². The minimum atomic E-state index is -0.322. The van der Waals surface area contributed by atoms with E-state index in [9.17, 15) is 0 Å². The van der Waals surface area contributed by atoms with Gasteiger partial charge in [-0.05, 0) is 62.5 Å². The highest BCUT2D eigenvalue weighted by Crippen LogP contribution is 2.36. The Labute approximate surface area is 260 Å². The number of nitrogens with zero attached hydrogens (tertiary/aromatic N) is 2. The molecule has 7 aromatic rings. The van der Waals surface area contributed by atoms with Crippen molar-refractivity contribution in [3.05, 3.63) is 162 Å². The van der Waals surface area contributed by atoms with Crippen LogP contribution in [0.1, 0.15) is 28.6 Å². The molecule has 2 aliphatic rings. The van der Waals surface area contributed by atoms with Crippen LogP contribution in [0, 0.1) is 0 Å². The second-order valence-electron chi connectivity index (χ2n) is 11.5. The summed E-state index contributed by atoms with van der Waals surface area (Å²) in [4.78, 5) is 10.4. The van der Waals surface area contributed by atoms with Crippen LogP contribution in [-0.4, -0.2) is 11.7 Å². The summed E-state index contributed by atoms with van der Waals surface area (Å²) in [5.41, 5.74) is 7.37. The van der Waals surface area contributed by atoms with Gasteiger partial charge in [-0.1, -0.05) is 109 Å². The molecule has 1 aromatic heterocycles. The number of hydrogen-bond donors (Lipinski definition) is 2. The van der Waals surface area contributed by atoms with Crippen LogP contribution >= 0.6 is 0 Å². The van der Waals surface area contributed by atoms with Crippen molar-refractivity contribution in [1.82, 2.24) is 10.6 Å². The van der Waals surface area contributed by atoms with E-state index in [0.717, 1.165) is 50.2 Å². The van der Waals surface area contributed by atoms with E-state index in [-0.39, 0.29) is 6.17 Å². The first-order chi connectivity index (χ1) is 22.3.